The molecule has 1 aromatic carbocycles. The fraction of sp³-hybridized carbons (Fsp3) is 0.429. The van der Waals surface area contributed by atoms with E-state index < -0.39 is 0 Å². The highest BCUT2D eigenvalue weighted by molar-refractivity contribution is 6.16. The lowest BCUT2D eigenvalue weighted by atomic mass is 10.2. The van der Waals surface area contributed by atoms with E-state index in [4.69, 9.17) is 16.0 Å². The molecule has 1 fully saturated rings. The van der Waals surface area contributed by atoms with Gasteiger partial charge in [-0.05, 0) is 24.6 Å². The quantitative estimate of drug-likeness (QED) is 0.813. The fourth-order valence-electron chi connectivity index (χ4n) is 2.41. The SMILES string of the molecule is Cc1cccc(N2CCN(c3nnc(CCl)o3)CC2)c1. The van der Waals surface area contributed by atoms with Gasteiger partial charge in [0, 0.05) is 31.9 Å². The molecular formula is C14H17ClN4O. The minimum absolute atomic E-state index is 0.260. The first-order valence-electron chi connectivity index (χ1n) is 6.71. The highest BCUT2D eigenvalue weighted by Gasteiger charge is 2.21. The zero-order valence-electron chi connectivity index (χ0n) is 11.4. The number of hydrogen-bond acceptors (Lipinski definition) is 5. The number of benzene rings is 1. The van der Waals surface area contributed by atoms with Crippen molar-refractivity contribution < 1.29 is 4.42 Å². The number of piperazine rings is 1. The van der Waals surface area contributed by atoms with Crippen LogP contribution in [0.4, 0.5) is 11.7 Å². The molecule has 1 aromatic heterocycles. The number of anilines is 2. The molecule has 3 rings (SSSR count). The second-order valence-electron chi connectivity index (χ2n) is 4.93. The van der Waals surface area contributed by atoms with Crippen LogP contribution in [-0.2, 0) is 5.88 Å². The van der Waals surface area contributed by atoms with Crippen LogP contribution in [0.15, 0.2) is 28.7 Å². The topological polar surface area (TPSA) is 45.4 Å². The Kier molecular flexibility index (Phi) is 3.78. The number of aryl methyl sites for hydroxylation is 1. The average Bonchev–Trinajstić information content (AvgIpc) is 2.96. The van der Waals surface area contributed by atoms with Gasteiger partial charge in [0.15, 0.2) is 0 Å². The van der Waals surface area contributed by atoms with Crippen molar-refractivity contribution in [3.05, 3.63) is 35.7 Å². The molecular weight excluding hydrogens is 276 g/mol. The van der Waals surface area contributed by atoms with Gasteiger partial charge in [-0.3, -0.25) is 0 Å². The van der Waals surface area contributed by atoms with Crippen LogP contribution >= 0.6 is 11.6 Å². The molecule has 0 bridgehead atoms. The molecule has 106 valence electrons. The summed E-state index contributed by atoms with van der Waals surface area (Å²) in [6.07, 6.45) is 0. The van der Waals surface area contributed by atoms with E-state index in [0.29, 0.717) is 11.9 Å². The van der Waals surface area contributed by atoms with Gasteiger partial charge in [0.1, 0.15) is 5.88 Å². The fourth-order valence-corrected chi connectivity index (χ4v) is 2.52. The van der Waals surface area contributed by atoms with Crippen LogP contribution in [0, 0.1) is 6.92 Å². The van der Waals surface area contributed by atoms with Gasteiger partial charge in [0.05, 0.1) is 0 Å². The monoisotopic (exact) mass is 292 g/mol. The van der Waals surface area contributed by atoms with Crippen molar-refractivity contribution in [2.24, 2.45) is 0 Å². The molecule has 0 N–H and O–H groups in total. The maximum atomic E-state index is 5.67. The molecule has 1 aliphatic heterocycles. The Morgan fingerprint density at radius 2 is 1.90 bits per heavy atom. The van der Waals surface area contributed by atoms with E-state index in [2.05, 4.69) is 51.2 Å². The van der Waals surface area contributed by atoms with Crippen molar-refractivity contribution in [3.8, 4) is 0 Å². The summed E-state index contributed by atoms with van der Waals surface area (Å²) in [5.41, 5.74) is 2.56. The molecule has 0 radical (unpaired) electrons. The zero-order chi connectivity index (χ0) is 13.9. The van der Waals surface area contributed by atoms with Crippen LogP contribution in [-0.4, -0.2) is 36.4 Å². The smallest absolute Gasteiger partial charge is 0.318 e. The predicted octanol–water partition coefficient (Wildman–Crippen LogP) is 2.44. The lowest BCUT2D eigenvalue weighted by Crippen LogP contribution is -2.46. The Morgan fingerprint density at radius 3 is 2.55 bits per heavy atom. The van der Waals surface area contributed by atoms with Crippen LogP contribution < -0.4 is 9.80 Å². The molecule has 1 saturated heterocycles. The third kappa shape index (κ3) is 2.72. The van der Waals surface area contributed by atoms with Gasteiger partial charge in [-0.25, -0.2) is 0 Å². The summed E-state index contributed by atoms with van der Waals surface area (Å²) in [6.45, 7) is 5.76. The Morgan fingerprint density at radius 1 is 1.15 bits per heavy atom. The van der Waals surface area contributed by atoms with Crippen LogP contribution in [0.5, 0.6) is 0 Å². The molecule has 0 aliphatic carbocycles. The lowest BCUT2D eigenvalue weighted by molar-refractivity contribution is 0.488. The van der Waals surface area contributed by atoms with Crippen LogP contribution in [0.2, 0.25) is 0 Å². The summed E-state index contributed by atoms with van der Waals surface area (Å²) in [4.78, 5) is 4.48. The predicted molar refractivity (Wildman–Crippen MR) is 79.5 cm³/mol. The minimum Gasteiger partial charge on any atom is -0.407 e. The molecule has 20 heavy (non-hydrogen) atoms. The lowest BCUT2D eigenvalue weighted by Gasteiger charge is -2.35. The largest absolute Gasteiger partial charge is 0.407 e. The third-order valence-corrected chi connectivity index (χ3v) is 3.72. The van der Waals surface area contributed by atoms with Gasteiger partial charge in [-0.1, -0.05) is 17.2 Å². The summed E-state index contributed by atoms with van der Waals surface area (Å²) < 4.78 is 5.49. The highest BCUT2D eigenvalue weighted by Crippen LogP contribution is 2.20. The zero-order valence-corrected chi connectivity index (χ0v) is 12.2. The van der Waals surface area contributed by atoms with Crippen molar-refractivity contribution in [1.29, 1.82) is 0 Å². The molecule has 1 aliphatic rings. The van der Waals surface area contributed by atoms with Gasteiger partial charge in [0.2, 0.25) is 5.89 Å². The molecule has 0 amide bonds. The Hall–Kier alpha value is -1.75. The van der Waals surface area contributed by atoms with Crippen LogP contribution in [0.25, 0.3) is 0 Å². The molecule has 0 saturated carbocycles. The molecule has 0 unspecified atom stereocenters. The van der Waals surface area contributed by atoms with E-state index in [9.17, 15) is 0 Å². The number of halogens is 1. The first-order chi connectivity index (χ1) is 9.76. The molecule has 5 nitrogen and oxygen atoms in total. The molecule has 2 heterocycles. The minimum atomic E-state index is 0.260. The molecule has 2 aromatic rings. The van der Waals surface area contributed by atoms with Crippen LogP contribution in [0.1, 0.15) is 11.5 Å². The van der Waals surface area contributed by atoms with E-state index in [1.807, 2.05) is 0 Å². The maximum absolute atomic E-state index is 5.67. The second-order valence-corrected chi connectivity index (χ2v) is 5.19. The van der Waals surface area contributed by atoms with Gasteiger partial charge in [0.25, 0.3) is 0 Å². The summed E-state index contributed by atoms with van der Waals surface area (Å²) >= 11 is 5.67. The average molecular weight is 293 g/mol. The molecule has 0 spiro atoms. The summed E-state index contributed by atoms with van der Waals surface area (Å²) in [7, 11) is 0. The number of rotatable bonds is 3. The summed E-state index contributed by atoms with van der Waals surface area (Å²) in [6, 6.07) is 9.16. The van der Waals surface area contributed by atoms with Crippen molar-refractivity contribution >= 4 is 23.3 Å². The van der Waals surface area contributed by atoms with Crippen molar-refractivity contribution in [3.63, 3.8) is 0 Å². The van der Waals surface area contributed by atoms with E-state index in [1.165, 1.54) is 11.3 Å². The Balaban J connectivity index is 1.64. The molecule has 0 atom stereocenters. The van der Waals surface area contributed by atoms with Crippen LogP contribution in [0.3, 0.4) is 0 Å². The van der Waals surface area contributed by atoms with E-state index in [1.54, 1.807) is 0 Å². The number of hydrogen-bond donors (Lipinski definition) is 0. The summed E-state index contributed by atoms with van der Waals surface area (Å²) in [5, 5.41) is 7.92. The van der Waals surface area contributed by atoms with Crippen molar-refractivity contribution in [2.75, 3.05) is 36.0 Å². The second kappa shape index (κ2) is 5.71. The third-order valence-electron chi connectivity index (χ3n) is 3.49. The Labute approximate surface area is 123 Å². The first kappa shape index (κ1) is 13.2. The maximum Gasteiger partial charge on any atom is 0.318 e. The number of nitrogens with zero attached hydrogens (tertiary/aromatic N) is 4. The normalized spacial score (nSPS) is 15.7. The number of alkyl halides is 1. The first-order valence-corrected chi connectivity index (χ1v) is 7.24. The Bertz CT molecular complexity index is 578. The molecule has 6 heteroatoms. The standard InChI is InChI=1S/C14H17ClN4O/c1-11-3-2-4-12(9-11)18-5-7-19(8-6-18)14-17-16-13(10-15)20-14/h2-4,9H,5-8,10H2,1H3. The number of aromatic nitrogens is 2. The van der Waals surface area contributed by atoms with E-state index >= 15 is 0 Å². The highest BCUT2D eigenvalue weighted by atomic mass is 35.5. The van der Waals surface area contributed by atoms with Gasteiger partial charge in [-0.2, -0.15) is 0 Å². The van der Waals surface area contributed by atoms with Gasteiger partial charge >= 0.3 is 6.01 Å². The van der Waals surface area contributed by atoms with Gasteiger partial charge < -0.3 is 14.2 Å². The van der Waals surface area contributed by atoms with Crippen molar-refractivity contribution in [1.82, 2.24) is 10.2 Å². The van der Waals surface area contributed by atoms with E-state index in [-0.39, 0.29) is 5.88 Å². The summed E-state index contributed by atoms with van der Waals surface area (Å²) in [5.74, 6) is 0.735. The van der Waals surface area contributed by atoms with E-state index in [0.717, 1.165) is 26.2 Å². The van der Waals surface area contributed by atoms with Crippen molar-refractivity contribution in [2.45, 2.75) is 12.8 Å². The van der Waals surface area contributed by atoms with Gasteiger partial charge in [-0.15, -0.1) is 16.7 Å².